The second-order valence-electron chi connectivity index (χ2n) is 8.26. The van der Waals surface area contributed by atoms with Crippen molar-refractivity contribution in [1.29, 1.82) is 0 Å². The Kier molecular flexibility index (Phi) is 7.21. The Hall–Kier alpha value is -0.0800. The quantitative estimate of drug-likeness (QED) is 0.746. The standard InChI is InChI=1S/C20H40N2/c1-4-7-17-13-16(9-11-20(17)22)18(6-3)15-8-10-19(21)14(5-2)12-15/h14-20H,4-13,21-22H2,1-3H3. The average Bonchev–Trinajstić information content (AvgIpc) is 2.52. The van der Waals surface area contributed by atoms with Crippen molar-refractivity contribution in [2.75, 3.05) is 0 Å². The molecule has 0 amide bonds. The van der Waals surface area contributed by atoms with Crippen molar-refractivity contribution in [3.63, 3.8) is 0 Å². The van der Waals surface area contributed by atoms with E-state index in [9.17, 15) is 0 Å². The van der Waals surface area contributed by atoms with Crippen LogP contribution in [0.15, 0.2) is 0 Å². The highest BCUT2D eigenvalue weighted by molar-refractivity contribution is 4.91. The van der Waals surface area contributed by atoms with E-state index < -0.39 is 0 Å². The third kappa shape index (κ3) is 4.26. The van der Waals surface area contributed by atoms with Crippen LogP contribution in [0, 0.1) is 29.6 Å². The molecule has 4 N–H and O–H groups in total. The predicted molar refractivity (Wildman–Crippen MR) is 96.6 cm³/mol. The molecule has 0 saturated heterocycles. The molecule has 0 spiro atoms. The largest absolute Gasteiger partial charge is 0.327 e. The lowest BCUT2D eigenvalue weighted by molar-refractivity contribution is 0.0819. The van der Waals surface area contributed by atoms with Crippen LogP contribution in [0.3, 0.4) is 0 Å². The maximum Gasteiger partial charge on any atom is 0.00673 e. The Morgan fingerprint density at radius 2 is 1.36 bits per heavy atom. The minimum atomic E-state index is 0.464. The Morgan fingerprint density at radius 3 is 1.86 bits per heavy atom. The van der Waals surface area contributed by atoms with E-state index in [1.807, 2.05) is 0 Å². The Bertz CT molecular complexity index is 317. The second-order valence-corrected chi connectivity index (χ2v) is 8.26. The lowest BCUT2D eigenvalue weighted by Crippen LogP contribution is -2.42. The molecular formula is C20H40N2. The number of hydrogen-bond donors (Lipinski definition) is 2. The fraction of sp³-hybridized carbons (Fsp3) is 1.00. The fourth-order valence-corrected chi connectivity index (χ4v) is 5.65. The first kappa shape index (κ1) is 18.3. The molecule has 7 unspecified atom stereocenters. The van der Waals surface area contributed by atoms with Crippen LogP contribution in [0.1, 0.15) is 85.0 Å². The molecule has 22 heavy (non-hydrogen) atoms. The van der Waals surface area contributed by atoms with Gasteiger partial charge in [0.15, 0.2) is 0 Å². The first-order valence-corrected chi connectivity index (χ1v) is 10.1. The van der Waals surface area contributed by atoms with Gasteiger partial charge in [-0.1, -0.05) is 40.0 Å². The monoisotopic (exact) mass is 308 g/mol. The molecule has 7 atom stereocenters. The van der Waals surface area contributed by atoms with Gasteiger partial charge in [-0.25, -0.2) is 0 Å². The molecule has 2 rings (SSSR count). The van der Waals surface area contributed by atoms with Gasteiger partial charge >= 0.3 is 0 Å². The molecule has 0 heterocycles. The van der Waals surface area contributed by atoms with Crippen LogP contribution in [-0.2, 0) is 0 Å². The van der Waals surface area contributed by atoms with E-state index in [1.165, 1.54) is 64.2 Å². The van der Waals surface area contributed by atoms with Crippen molar-refractivity contribution >= 4 is 0 Å². The molecule has 2 saturated carbocycles. The topological polar surface area (TPSA) is 52.0 Å². The third-order valence-electron chi connectivity index (χ3n) is 7.03. The Labute approximate surface area is 138 Å². The van der Waals surface area contributed by atoms with Crippen molar-refractivity contribution in [2.45, 2.75) is 97.1 Å². The van der Waals surface area contributed by atoms with Gasteiger partial charge in [0.25, 0.3) is 0 Å². The maximum atomic E-state index is 6.39. The van der Waals surface area contributed by atoms with Crippen molar-refractivity contribution in [2.24, 2.45) is 41.1 Å². The van der Waals surface area contributed by atoms with E-state index in [2.05, 4.69) is 20.8 Å². The van der Waals surface area contributed by atoms with Crippen LogP contribution in [0.4, 0.5) is 0 Å². The zero-order valence-corrected chi connectivity index (χ0v) is 15.3. The SMILES string of the molecule is CCCC1CC(C(CC)C2CCC(N)C(CC)C2)CCC1N. The van der Waals surface area contributed by atoms with E-state index in [4.69, 9.17) is 11.5 Å². The molecule has 0 bridgehead atoms. The van der Waals surface area contributed by atoms with Crippen molar-refractivity contribution in [3.05, 3.63) is 0 Å². The molecule has 0 aromatic carbocycles. The van der Waals surface area contributed by atoms with Crippen LogP contribution in [-0.4, -0.2) is 12.1 Å². The number of rotatable bonds is 6. The first-order valence-electron chi connectivity index (χ1n) is 10.1. The van der Waals surface area contributed by atoms with Crippen LogP contribution in [0.25, 0.3) is 0 Å². The molecule has 0 aromatic heterocycles. The highest BCUT2D eigenvalue weighted by atomic mass is 14.7. The van der Waals surface area contributed by atoms with Crippen molar-refractivity contribution in [1.82, 2.24) is 0 Å². The van der Waals surface area contributed by atoms with Crippen LogP contribution in [0.2, 0.25) is 0 Å². The lowest BCUT2D eigenvalue weighted by Gasteiger charge is -2.44. The van der Waals surface area contributed by atoms with E-state index in [-0.39, 0.29) is 0 Å². The smallest absolute Gasteiger partial charge is 0.00673 e. The molecule has 2 aliphatic carbocycles. The van der Waals surface area contributed by atoms with Gasteiger partial charge in [-0.2, -0.15) is 0 Å². The van der Waals surface area contributed by atoms with E-state index in [0.29, 0.717) is 12.1 Å². The second kappa shape index (κ2) is 8.68. The summed E-state index contributed by atoms with van der Waals surface area (Å²) in [7, 11) is 0. The molecule has 2 heteroatoms. The molecule has 0 radical (unpaired) electrons. The molecular weight excluding hydrogens is 268 g/mol. The van der Waals surface area contributed by atoms with Gasteiger partial charge in [-0.3, -0.25) is 0 Å². The molecule has 130 valence electrons. The minimum Gasteiger partial charge on any atom is -0.327 e. The van der Waals surface area contributed by atoms with Gasteiger partial charge in [0, 0.05) is 12.1 Å². The highest BCUT2D eigenvalue weighted by Crippen LogP contribution is 2.45. The van der Waals surface area contributed by atoms with Gasteiger partial charge in [-0.15, -0.1) is 0 Å². The molecule has 2 fully saturated rings. The number of nitrogens with two attached hydrogens (primary N) is 2. The Morgan fingerprint density at radius 1 is 0.818 bits per heavy atom. The summed E-state index contributed by atoms with van der Waals surface area (Å²) in [5, 5.41) is 0. The van der Waals surface area contributed by atoms with Crippen molar-refractivity contribution in [3.8, 4) is 0 Å². The summed E-state index contributed by atoms with van der Waals surface area (Å²) in [5.41, 5.74) is 12.7. The number of hydrogen-bond acceptors (Lipinski definition) is 2. The maximum absolute atomic E-state index is 6.39. The third-order valence-corrected chi connectivity index (χ3v) is 7.03. The summed E-state index contributed by atoms with van der Waals surface area (Å²) in [6, 6.07) is 0.934. The predicted octanol–water partition coefficient (Wildman–Crippen LogP) is 4.71. The average molecular weight is 309 g/mol. The normalized spacial score (nSPS) is 41.3. The van der Waals surface area contributed by atoms with E-state index in [1.54, 1.807) is 0 Å². The highest BCUT2D eigenvalue weighted by Gasteiger charge is 2.37. The minimum absolute atomic E-state index is 0.464. The summed E-state index contributed by atoms with van der Waals surface area (Å²) in [6.07, 6.45) is 13.3. The summed E-state index contributed by atoms with van der Waals surface area (Å²) < 4.78 is 0. The van der Waals surface area contributed by atoms with Gasteiger partial charge in [0.05, 0.1) is 0 Å². The van der Waals surface area contributed by atoms with E-state index >= 15 is 0 Å². The zero-order valence-electron chi connectivity index (χ0n) is 15.3. The van der Waals surface area contributed by atoms with Crippen molar-refractivity contribution < 1.29 is 0 Å². The lowest BCUT2D eigenvalue weighted by atomic mass is 9.63. The molecule has 2 aliphatic rings. The summed E-state index contributed by atoms with van der Waals surface area (Å²) in [5.74, 6) is 4.33. The van der Waals surface area contributed by atoms with Gasteiger partial charge in [0.1, 0.15) is 0 Å². The zero-order chi connectivity index (χ0) is 16.1. The van der Waals surface area contributed by atoms with Gasteiger partial charge in [0.2, 0.25) is 0 Å². The van der Waals surface area contributed by atoms with Crippen LogP contribution in [0.5, 0.6) is 0 Å². The summed E-state index contributed by atoms with van der Waals surface area (Å²) in [6.45, 7) is 7.05. The molecule has 0 aromatic rings. The summed E-state index contributed by atoms with van der Waals surface area (Å²) in [4.78, 5) is 0. The van der Waals surface area contributed by atoms with Gasteiger partial charge < -0.3 is 11.5 Å². The van der Waals surface area contributed by atoms with E-state index in [0.717, 1.165) is 29.6 Å². The Balaban J connectivity index is 1.98. The molecule has 2 nitrogen and oxygen atoms in total. The summed E-state index contributed by atoms with van der Waals surface area (Å²) >= 11 is 0. The first-order chi connectivity index (χ1) is 10.6. The van der Waals surface area contributed by atoms with Crippen LogP contribution < -0.4 is 11.5 Å². The fourth-order valence-electron chi connectivity index (χ4n) is 5.65. The van der Waals surface area contributed by atoms with Gasteiger partial charge in [-0.05, 0) is 74.5 Å². The van der Waals surface area contributed by atoms with Crippen LogP contribution >= 0.6 is 0 Å². The molecule has 0 aliphatic heterocycles.